The van der Waals surface area contributed by atoms with Crippen LogP contribution in [0.5, 0.6) is 0 Å². The van der Waals surface area contributed by atoms with Crippen LogP contribution in [0.3, 0.4) is 0 Å². The van der Waals surface area contributed by atoms with Crippen molar-refractivity contribution in [3.05, 3.63) is 58.6 Å². The number of aliphatic carboxylic acids is 1. The monoisotopic (exact) mass is 356 g/mol. The summed E-state index contributed by atoms with van der Waals surface area (Å²) in [4.78, 5) is 14.5. The number of rotatable bonds is 7. The van der Waals surface area contributed by atoms with Crippen molar-refractivity contribution in [3.63, 3.8) is 0 Å². The first-order valence-corrected chi connectivity index (χ1v) is 8.77. The molecule has 0 saturated heterocycles. The predicted octanol–water partition coefficient (Wildman–Crippen LogP) is 4.40. The number of H-pyrrole nitrogens is 1. The second-order valence-electron chi connectivity index (χ2n) is 6.19. The third-order valence-electron chi connectivity index (χ3n) is 4.32. The minimum atomic E-state index is -0.824. The molecule has 25 heavy (non-hydrogen) atoms. The van der Waals surface area contributed by atoms with Crippen molar-refractivity contribution in [2.75, 3.05) is 6.54 Å². The summed E-state index contributed by atoms with van der Waals surface area (Å²) in [5.74, 6) is -0.824. The molecule has 0 bridgehead atoms. The Balaban J connectivity index is 2.10. The molecule has 4 N–H and O–H groups in total. The number of halogens is 1. The minimum absolute atomic E-state index is 0.0237. The number of aromatic nitrogens is 1. The summed E-state index contributed by atoms with van der Waals surface area (Å²) in [6.45, 7) is 0.666. The smallest absolute Gasteiger partial charge is 0.307 e. The summed E-state index contributed by atoms with van der Waals surface area (Å²) < 4.78 is 0. The van der Waals surface area contributed by atoms with E-state index >= 15 is 0 Å². The number of aromatic amines is 1. The highest BCUT2D eigenvalue weighted by atomic mass is 35.5. The zero-order valence-corrected chi connectivity index (χ0v) is 14.6. The van der Waals surface area contributed by atoms with Crippen molar-refractivity contribution in [1.82, 2.24) is 4.98 Å². The van der Waals surface area contributed by atoms with Crippen LogP contribution in [-0.4, -0.2) is 22.6 Å². The van der Waals surface area contributed by atoms with E-state index < -0.39 is 5.97 Å². The van der Waals surface area contributed by atoms with E-state index in [4.69, 9.17) is 22.4 Å². The van der Waals surface area contributed by atoms with Crippen molar-refractivity contribution in [2.24, 2.45) is 5.73 Å². The van der Waals surface area contributed by atoms with Gasteiger partial charge in [0.25, 0.3) is 0 Å². The van der Waals surface area contributed by atoms with Gasteiger partial charge in [0, 0.05) is 21.6 Å². The van der Waals surface area contributed by atoms with Crippen LogP contribution in [-0.2, 0) is 17.6 Å². The van der Waals surface area contributed by atoms with Crippen LogP contribution in [0.2, 0.25) is 5.02 Å². The van der Waals surface area contributed by atoms with Gasteiger partial charge >= 0.3 is 5.97 Å². The Morgan fingerprint density at radius 2 is 2.00 bits per heavy atom. The van der Waals surface area contributed by atoms with Gasteiger partial charge in [-0.1, -0.05) is 29.8 Å². The standard InChI is InChI=1S/C20H21ClN2O2/c21-15-5-3-4-14(12-15)20-16(6-1-2-9-22)17-10-13(11-19(24)25)7-8-18(17)23-20/h3-5,7-8,10,12,23H,1-2,6,9,11,22H2,(H,24,25). The summed E-state index contributed by atoms with van der Waals surface area (Å²) in [6, 6.07) is 13.5. The van der Waals surface area contributed by atoms with Crippen LogP contribution in [0, 0.1) is 0 Å². The topological polar surface area (TPSA) is 79.1 Å². The first kappa shape index (κ1) is 17.5. The van der Waals surface area contributed by atoms with Crippen molar-refractivity contribution in [2.45, 2.75) is 25.7 Å². The molecule has 3 rings (SSSR count). The van der Waals surface area contributed by atoms with Crippen molar-refractivity contribution < 1.29 is 9.90 Å². The molecule has 5 heteroatoms. The molecule has 0 amide bonds. The third-order valence-corrected chi connectivity index (χ3v) is 4.56. The Bertz CT molecular complexity index is 902. The molecule has 0 unspecified atom stereocenters. The number of carbonyl (C=O) groups is 1. The predicted molar refractivity (Wildman–Crippen MR) is 102 cm³/mol. The lowest BCUT2D eigenvalue weighted by Crippen LogP contribution is -2.00. The normalized spacial score (nSPS) is 11.1. The number of aryl methyl sites for hydroxylation is 1. The van der Waals surface area contributed by atoms with E-state index in [2.05, 4.69) is 4.98 Å². The number of hydrogen-bond acceptors (Lipinski definition) is 2. The number of nitrogens with two attached hydrogens (primary N) is 1. The number of benzene rings is 2. The first-order chi connectivity index (χ1) is 12.1. The highest BCUT2D eigenvalue weighted by Gasteiger charge is 2.14. The van der Waals surface area contributed by atoms with Gasteiger partial charge in [-0.15, -0.1) is 0 Å². The van der Waals surface area contributed by atoms with Gasteiger partial charge in [-0.05, 0) is 66.8 Å². The molecule has 1 aromatic heterocycles. The second kappa shape index (κ2) is 7.72. The third kappa shape index (κ3) is 4.03. The number of hydrogen-bond donors (Lipinski definition) is 3. The molecule has 0 aliphatic rings. The molecule has 3 aromatic rings. The first-order valence-electron chi connectivity index (χ1n) is 8.40. The van der Waals surface area contributed by atoms with Gasteiger partial charge in [0.05, 0.1) is 6.42 Å². The molecule has 0 aliphatic carbocycles. The van der Waals surface area contributed by atoms with Gasteiger partial charge in [-0.3, -0.25) is 4.79 Å². The van der Waals surface area contributed by atoms with Crippen LogP contribution in [0.15, 0.2) is 42.5 Å². The Hall–Kier alpha value is -2.30. The van der Waals surface area contributed by atoms with Crippen molar-refractivity contribution in [1.29, 1.82) is 0 Å². The number of unbranched alkanes of at least 4 members (excludes halogenated alkanes) is 1. The van der Waals surface area contributed by atoms with Crippen LogP contribution in [0.4, 0.5) is 0 Å². The Morgan fingerprint density at radius 3 is 2.72 bits per heavy atom. The summed E-state index contributed by atoms with van der Waals surface area (Å²) in [7, 11) is 0. The van der Waals surface area contributed by atoms with E-state index in [-0.39, 0.29) is 6.42 Å². The van der Waals surface area contributed by atoms with Gasteiger partial charge in [0.1, 0.15) is 0 Å². The number of carboxylic acids is 1. The number of carboxylic acid groups (broad SMARTS) is 1. The number of nitrogens with one attached hydrogen (secondary N) is 1. The second-order valence-corrected chi connectivity index (χ2v) is 6.62. The average Bonchev–Trinajstić information content (AvgIpc) is 2.93. The maximum absolute atomic E-state index is 11.0. The Morgan fingerprint density at radius 1 is 1.16 bits per heavy atom. The molecule has 0 radical (unpaired) electrons. The van der Waals surface area contributed by atoms with Gasteiger partial charge < -0.3 is 15.8 Å². The van der Waals surface area contributed by atoms with Crippen LogP contribution >= 0.6 is 11.6 Å². The molecule has 0 spiro atoms. The summed E-state index contributed by atoms with van der Waals surface area (Å²) in [5, 5.41) is 10.8. The van der Waals surface area contributed by atoms with E-state index in [0.717, 1.165) is 47.0 Å². The lowest BCUT2D eigenvalue weighted by molar-refractivity contribution is -0.136. The van der Waals surface area contributed by atoms with Gasteiger partial charge in [-0.25, -0.2) is 0 Å². The lowest BCUT2D eigenvalue weighted by Gasteiger charge is -2.06. The van der Waals surface area contributed by atoms with E-state index in [1.165, 1.54) is 5.56 Å². The zero-order chi connectivity index (χ0) is 17.8. The maximum atomic E-state index is 11.0. The van der Waals surface area contributed by atoms with Crippen molar-refractivity contribution in [3.8, 4) is 11.3 Å². The van der Waals surface area contributed by atoms with Crippen molar-refractivity contribution >= 4 is 28.5 Å². The fourth-order valence-corrected chi connectivity index (χ4v) is 3.37. The Labute approximate surface area is 151 Å². The molecule has 0 fully saturated rings. The van der Waals surface area contributed by atoms with Crippen LogP contribution in [0.1, 0.15) is 24.0 Å². The molecule has 0 saturated carbocycles. The minimum Gasteiger partial charge on any atom is -0.481 e. The highest BCUT2D eigenvalue weighted by Crippen LogP contribution is 2.33. The quantitative estimate of drug-likeness (QED) is 0.549. The summed E-state index contributed by atoms with van der Waals surface area (Å²) in [5.41, 5.74) is 10.7. The lowest BCUT2D eigenvalue weighted by atomic mass is 9.99. The molecule has 0 atom stereocenters. The van der Waals surface area contributed by atoms with Gasteiger partial charge in [0.15, 0.2) is 0 Å². The average molecular weight is 357 g/mol. The molecule has 130 valence electrons. The summed E-state index contributed by atoms with van der Waals surface area (Å²) >= 11 is 6.16. The molecule has 4 nitrogen and oxygen atoms in total. The van der Waals surface area contributed by atoms with E-state index in [9.17, 15) is 4.79 Å². The largest absolute Gasteiger partial charge is 0.481 e. The van der Waals surface area contributed by atoms with E-state index in [1.54, 1.807) is 0 Å². The van der Waals surface area contributed by atoms with Gasteiger partial charge in [0.2, 0.25) is 0 Å². The molecular formula is C20H21ClN2O2. The van der Waals surface area contributed by atoms with E-state index in [1.807, 2.05) is 42.5 Å². The zero-order valence-electron chi connectivity index (χ0n) is 13.9. The van der Waals surface area contributed by atoms with Crippen LogP contribution in [0.25, 0.3) is 22.2 Å². The molecular weight excluding hydrogens is 336 g/mol. The highest BCUT2D eigenvalue weighted by molar-refractivity contribution is 6.30. The van der Waals surface area contributed by atoms with Gasteiger partial charge in [-0.2, -0.15) is 0 Å². The Kier molecular flexibility index (Phi) is 5.41. The fourth-order valence-electron chi connectivity index (χ4n) is 3.18. The molecule has 0 aliphatic heterocycles. The number of fused-ring (bicyclic) bond motifs is 1. The van der Waals surface area contributed by atoms with E-state index in [0.29, 0.717) is 11.6 Å². The fraction of sp³-hybridized carbons (Fsp3) is 0.250. The molecule has 2 aromatic carbocycles. The molecule has 1 heterocycles. The maximum Gasteiger partial charge on any atom is 0.307 e. The van der Waals surface area contributed by atoms with Crippen LogP contribution < -0.4 is 5.73 Å². The summed E-state index contributed by atoms with van der Waals surface area (Å²) in [6.07, 6.45) is 2.85. The SMILES string of the molecule is NCCCCc1c(-c2cccc(Cl)c2)[nH]c2ccc(CC(=O)O)cc12.